The predicted molar refractivity (Wildman–Crippen MR) is 132 cm³/mol. The zero-order valence-electron chi connectivity index (χ0n) is 18.0. The molecule has 1 saturated heterocycles. The van der Waals surface area contributed by atoms with Crippen LogP contribution in [0.25, 0.3) is 0 Å². The number of carbonyl (C=O) groups excluding carboxylic acids is 2. The van der Waals surface area contributed by atoms with Crippen LogP contribution in [0.4, 0.5) is 0 Å². The number of thioether (sulfide) groups is 1. The van der Waals surface area contributed by atoms with Crippen LogP contribution in [0.5, 0.6) is 0 Å². The summed E-state index contributed by atoms with van der Waals surface area (Å²) in [7, 11) is 0. The highest BCUT2D eigenvalue weighted by Crippen LogP contribution is 2.34. The second-order valence-corrected chi connectivity index (χ2v) is 11.0. The topological polar surface area (TPSA) is 89.9 Å². The van der Waals surface area contributed by atoms with E-state index in [1.54, 1.807) is 35.2 Å². The number of carbonyl (C=O) groups is 2. The Morgan fingerprint density at radius 2 is 2.06 bits per heavy atom. The highest BCUT2D eigenvalue weighted by molar-refractivity contribution is 8.03. The SMILES string of the molecule is O=C(NCC1=CC(Cc2cccs2)CS1)[C@H](O)[C@@H](O)C(=O)N1CCC[C@@H]1c1cccc(Cl)c1. The Bertz CT molecular complexity index is 1010. The molecule has 33 heavy (non-hydrogen) atoms. The number of halogens is 1. The molecule has 1 aromatic heterocycles. The first-order valence-corrected chi connectivity index (χ1v) is 13.2. The van der Waals surface area contributed by atoms with Crippen molar-refractivity contribution in [1.29, 1.82) is 0 Å². The van der Waals surface area contributed by atoms with Gasteiger partial charge < -0.3 is 20.4 Å². The van der Waals surface area contributed by atoms with Crippen molar-refractivity contribution in [1.82, 2.24) is 10.2 Å². The molecule has 4 atom stereocenters. The van der Waals surface area contributed by atoms with Crippen LogP contribution in [0, 0.1) is 5.92 Å². The summed E-state index contributed by atoms with van der Waals surface area (Å²) >= 11 is 9.50. The molecule has 3 heterocycles. The van der Waals surface area contributed by atoms with Crippen LogP contribution >= 0.6 is 34.7 Å². The number of thiophene rings is 1. The molecule has 0 saturated carbocycles. The fraction of sp³-hybridized carbons (Fsp3) is 0.417. The van der Waals surface area contributed by atoms with Crippen molar-refractivity contribution in [2.75, 3.05) is 18.8 Å². The maximum absolute atomic E-state index is 12.9. The van der Waals surface area contributed by atoms with Crippen molar-refractivity contribution in [2.24, 2.45) is 5.92 Å². The number of aliphatic hydroxyl groups is 2. The fourth-order valence-corrected chi connectivity index (χ4v) is 6.41. The van der Waals surface area contributed by atoms with E-state index in [2.05, 4.69) is 22.8 Å². The van der Waals surface area contributed by atoms with Crippen molar-refractivity contribution < 1.29 is 19.8 Å². The number of hydrogen-bond donors (Lipinski definition) is 3. The van der Waals surface area contributed by atoms with Gasteiger partial charge in [0.25, 0.3) is 11.8 Å². The van der Waals surface area contributed by atoms with Crippen molar-refractivity contribution in [3.8, 4) is 0 Å². The number of nitrogens with one attached hydrogen (secondary N) is 1. The molecule has 0 aliphatic carbocycles. The van der Waals surface area contributed by atoms with E-state index in [1.807, 2.05) is 18.2 Å². The summed E-state index contributed by atoms with van der Waals surface area (Å²) in [5.74, 6) is -0.0357. The molecule has 4 rings (SSSR count). The lowest BCUT2D eigenvalue weighted by Gasteiger charge is -2.28. The molecule has 9 heteroatoms. The predicted octanol–water partition coefficient (Wildman–Crippen LogP) is 3.39. The van der Waals surface area contributed by atoms with Gasteiger partial charge in [-0.1, -0.05) is 35.9 Å². The maximum atomic E-state index is 12.9. The van der Waals surface area contributed by atoms with E-state index >= 15 is 0 Å². The first-order valence-electron chi connectivity index (χ1n) is 11.0. The van der Waals surface area contributed by atoms with E-state index in [0.717, 1.165) is 35.5 Å². The van der Waals surface area contributed by atoms with Gasteiger partial charge in [0, 0.05) is 33.6 Å². The van der Waals surface area contributed by atoms with Crippen molar-refractivity contribution in [3.05, 3.63) is 68.2 Å². The van der Waals surface area contributed by atoms with Gasteiger partial charge in [-0.25, -0.2) is 0 Å². The number of benzene rings is 1. The minimum absolute atomic E-state index is 0.235. The zero-order chi connectivity index (χ0) is 23.4. The van der Waals surface area contributed by atoms with Gasteiger partial charge in [-0.05, 0) is 54.3 Å². The summed E-state index contributed by atoms with van der Waals surface area (Å²) < 4.78 is 0. The molecular weight excluding hydrogens is 480 g/mol. The van der Waals surface area contributed by atoms with Crippen LogP contribution in [0.1, 0.15) is 29.3 Å². The van der Waals surface area contributed by atoms with Gasteiger partial charge in [0.15, 0.2) is 12.2 Å². The number of hydrogen-bond acceptors (Lipinski definition) is 6. The lowest BCUT2D eigenvalue weighted by Crippen LogP contribution is -2.50. The van der Waals surface area contributed by atoms with Crippen LogP contribution in [-0.4, -0.2) is 58.0 Å². The highest BCUT2D eigenvalue weighted by atomic mass is 35.5. The van der Waals surface area contributed by atoms with Gasteiger partial charge in [-0.15, -0.1) is 23.1 Å². The van der Waals surface area contributed by atoms with E-state index in [-0.39, 0.29) is 12.6 Å². The molecule has 2 aromatic rings. The third kappa shape index (κ3) is 6.00. The van der Waals surface area contributed by atoms with Crippen molar-refractivity contribution >= 4 is 46.5 Å². The zero-order valence-corrected chi connectivity index (χ0v) is 20.4. The molecule has 1 aromatic carbocycles. The molecule has 6 nitrogen and oxygen atoms in total. The van der Waals surface area contributed by atoms with Crippen LogP contribution in [-0.2, 0) is 16.0 Å². The number of allylic oxidation sites excluding steroid dienone is 1. The smallest absolute Gasteiger partial charge is 0.255 e. The molecular formula is C24H27ClN2O4S2. The number of likely N-dealkylation sites (tertiary alicyclic amines) is 1. The average molecular weight is 507 g/mol. The second kappa shape index (κ2) is 11.1. The molecule has 2 amide bonds. The van der Waals surface area contributed by atoms with E-state index in [0.29, 0.717) is 17.5 Å². The number of aliphatic hydroxyl groups excluding tert-OH is 2. The standard InChI is InChI=1S/C24H27ClN2O4S2/c25-17-5-1-4-16(12-17)20-7-2-8-27(20)24(31)22(29)21(28)23(30)26-13-19-11-15(14-33-19)10-18-6-3-9-32-18/h1,3-6,9,11-12,15,20-22,28-29H,2,7-8,10,13-14H2,(H,26,30)/t15?,20-,21-,22-/m1/s1. The summed E-state index contributed by atoms with van der Waals surface area (Å²) in [6.45, 7) is 0.730. The molecule has 0 radical (unpaired) electrons. The third-order valence-corrected chi connectivity index (χ3v) is 8.35. The third-order valence-electron chi connectivity index (χ3n) is 5.97. The van der Waals surface area contributed by atoms with Gasteiger partial charge in [0.1, 0.15) is 0 Å². The van der Waals surface area contributed by atoms with Crippen LogP contribution in [0.2, 0.25) is 5.02 Å². The second-order valence-electron chi connectivity index (χ2n) is 8.34. The van der Waals surface area contributed by atoms with Crippen LogP contribution in [0.15, 0.2) is 52.8 Å². The largest absolute Gasteiger partial charge is 0.380 e. The van der Waals surface area contributed by atoms with Gasteiger partial charge in [0.2, 0.25) is 0 Å². The summed E-state index contributed by atoms with van der Waals surface area (Å²) in [6.07, 6.45) is 0.989. The van der Waals surface area contributed by atoms with Gasteiger partial charge in [0.05, 0.1) is 6.04 Å². The van der Waals surface area contributed by atoms with Crippen molar-refractivity contribution in [3.63, 3.8) is 0 Å². The number of nitrogens with zero attached hydrogens (tertiary/aromatic N) is 1. The lowest BCUT2D eigenvalue weighted by molar-refractivity contribution is -0.153. The number of amides is 2. The molecule has 1 unspecified atom stereocenters. The normalized spacial score (nSPS) is 22.2. The average Bonchev–Trinajstić information content (AvgIpc) is 3.58. The first-order chi connectivity index (χ1) is 15.9. The summed E-state index contributed by atoms with van der Waals surface area (Å²) in [4.78, 5) is 29.2. The Labute approximate surface area is 206 Å². The Morgan fingerprint density at radius 3 is 2.82 bits per heavy atom. The molecule has 1 fully saturated rings. The molecule has 176 valence electrons. The van der Waals surface area contributed by atoms with Crippen LogP contribution < -0.4 is 5.32 Å². The maximum Gasteiger partial charge on any atom is 0.255 e. The Hall–Kier alpha value is -1.84. The van der Waals surface area contributed by atoms with E-state index in [1.165, 1.54) is 9.78 Å². The first kappa shape index (κ1) is 24.3. The van der Waals surface area contributed by atoms with E-state index in [9.17, 15) is 19.8 Å². The molecule has 2 aliphatic heterocycles. The highest BCUT2D eigenvalue weighted by Gasteiger charge is 2.38. The van der Waals surface area contributed by atoms with Gasteiger partial charge in [-0.3, -0.25) is 9.59 Å². The Kier molecular flexibility index (Phi) is 8.14. The molecule has 0 bridgehead atoms. The minimum Gasteiger partial charge on any atom is -0.380 e. The Balaban J connectivity index is 1.30. The van der Waals surface area contributed by atoms with E-state index < -0.39 is 24.0 Å². The van der Waals surface area contributed by atoms with Gasteiger partial charge >= 0.3 is 0 Å². The van der Waals surface area contributed by atoms with E-state index in [4.69, 9.17) is 11.6 Å². The van der Waals surface area contributed by atoms with Crippen molar-refractivity contribution in [2.45, 2.75) is 37.5 Å². The molecule has 2 aliphatic rings. The van der Waals surface area contributed by atoms with Crippen LogP contribution in [0.3, 0.4) is 0 Å². The summed E-state index contributed by atoms with van der Waals surface area (Å²) in [5.41, 5.74) is 0.877. The lowest BCUT2D eigenvalue weighted by atomic mass is 10.0. The quantitative estimate of drug-likeness (QED) is 0.510. The summed E-state index contributed by atoms with van der Waals surface area (Å²) in [5, 5.41) is 26.1. The number of rotatable bonds is 8. The molecule has 3 N–H and O–H groups in total. The summed E-state index contributed by atoms with van der Waals surface area (Å²) in [6, 6.07) is 11.2. The Morgan fingerprint density at radius 1 is 1.21 bits per heavy atom. The fourth-order valence-electron chi connectivity index (χ4n) is 4.31. The minimum atomic E-state index is -1.83. The monoisotopic (exact) mass is 506 g/mol. The molecule has 0 spiro atoms. The van der Waals surface area contributed by atoms with Gasteiger partial charge in [-0.2, -0.15) is 0 Å².